The summed E-state index contributed by atoms with van der Waals surface area (Å²) < 4.78 is 0. The summed E-state index contributed by atoms with van der Waals surface area (Å²) in [5, 5.41) is 11.3. The lowest BCUT2D eigenvalue weighted by Crippen LogP contribution is -2.47. The van der Waals surface area contributed by atoms with E-state index >= 15 is 0 Å². The second-order valence-corrected chi connectivity index (χ2v) is 5.60. The van der Waals surface area contributed by atoms with Crippen molar-refractivity contribution in [3.63, 3.8) is 0 Å². The Hall–Kier alpha value is -0.860. The van der Waals surface area contributed by atoms with Crippen LogP contribution >= 0.6 is 0 Å². The molecule has 0 radical (unpaired) electrons. The van der Waals surface area contributed by atoms with Crippen molar-refractivity contribution < 1.29 is 5.11 Å². The predicted octanol–water partition coefficient (Wildman–Crippen LogP) is 2.38. The normalized spacial score (nSPS) is 29.2. The number of benzene rings is 1. The van der Waals surface area contributed by atoms with Crippen LogP contribution in [0.3, 0.4) is 0 Å². The summed E-state index contributed by atoms with van der Waals surface area (Å²) in [6, 6.07) is 10.6. The highest BCUT2D eigenvalue weighted by molar-refractivity contribution is 5.28. The summed E-state index contributed by atoms with van der Waals surface area (Å²) >= 11 is 0. The van der Waals surface area contributed by atoms with E-state index in [2.05, 4.69) is 24.1 Å². The maximum absolute atomic E-state index is 11.3. The lowest BCUT2D eigenvalue weighted by molar-refractivity contribution is -0.0515. The smallest absolute Gasteiger partial charge is 0.108 e. The van der Waals surface area contributed by atoms with E-state index in [1.807, 2.05) is 18.2 Å². The number of likely N-dealkylation sites (tertiary alicyclic amines) is 1. The summed E-state index contributed by atoms with van der Waals surface area (Å²) in [7, 11) is 2.15. The van der Waals surface area contributed by atoms with Crippen molar-refractivity contribution in [1.82, 2.24) is 4.90 Å². The molecule has 0 amide bonds. The third-order valence-corrected chi connectivity index (χ3v) is 4.46. The van der Waals surface area contributed by atoms with Crippen molar-refractivity contribution in [3.8, 4) is 0 Å². The largest absolute Gasteiger partial charge is 0.383 e. The second kappa shape index (κ2) is 4.11. The molecule has 0 aromatic heterocycles. The lowest BCUT2D eigenvalue weighted by atomic mass is 9.81. The van der Waals surface area contributed by atoms with Gasteiger partial charge >= 0.3 is 0 Å². The van der Waals surface area contributed by atoms with Crippen LogP contribution in [0, 0.1) is 5.92 Å². The summed E-state index contributed by atoms with van der Waals surface area (Å²) in [5.41, 5.74) is 0.494. The molecule has 2 nitrogen and oxygen atoms in total. The van der Waals surface area contributed by atoms with Crippen LogP contribution in [0.25, 0.3) is 0 Å². The van der Waals surface area contributed by atoms with Crippen molar-refractivity contribution in [2.24, 2.45) is 5.92 Å². The standard InChI is InChI=1S/C15H21NO/c1-16-11-5-8-14(16)15(17,13-9-10-13)12-6-3-2-4-7-12/h2-4,6-7,13-14,17H,5,8-11H2,1H3/t14-,15?/m0/s1. The monoisotopic (exact) mass is 231 g/mol. The van der Waals surface area contributed by atoms with E-state index in [4.69, 9.17) is 0 Å². The minimum atomic E-state index is -0.619. The molecular formula is C15H21NO. The molecule has 1 aliphatic heterocycles. The number of likely N-dealkylation sites (N-methyl/N-ethyl adjacent to an activating group) is 1. The topological polar surface area (TPSA) is 23.5 Å². The zero-order chi connectivity index (χ0) is 11.9. The first-order valence-corrected chi connectivity index (χ1v) is 6.71. The molecule has 1 unspecified atom stereocenters. The van der Waals surface area contributed by atoms with Crippen molar-refractivity contribution in [2.75, 3.05) is 13.6 Å². The van der Waals surface area contributed by atoms with Gasteiger partial charge in [-0.05, 0) is 50.8 Å². The third kappa shape index (κ3) is 1.80. The van der Waals surface area contributed by atoms with Gasteiger partial charge < -0.3 is 10.0 Å². The van der Waals surface area contributed by atoms with Gasteiger partial charge in [0.1, 0.15) is 5.60 Å². The molecule has 0 spiro atoms. The fraction of sp³-hybridized carbons (Fsp3) is 0.600. The Labute approximate surface area is 103 Å². The maximum Gasteiger partial charge on any atom is 0.108 e. The fourth-order valence-corrected chi connectivity index (χ4v) is 3.40. The highest BCUT2D eigenvalue weighted by Crippen LogP contribution is 2.50. The molecular weight excluding hydrogens is 210 g/mol. The first kappa shape index (κ1) is 11.2. The second-order valence-electron chi connectivity index (χ2n) is 5.60. The summed E-state index contributed by atoms with van der Waals surface area (Å²) in [4.78, 5) is 2.34. The Morgan fingerprint density at radius 2 is 1.88 bits per heavy atom. The molecule has 92 valence electrons. The van der Waals surface area contributed by atoms with E-state index in [1.165, 1.54) is 19.3 Å². The van der Waals surface area contributed by atoms with Crippen molar-refractivity contribution >= 4 is 0 Å². The van der Waals surface area contributed by atoms with E-state index in [0.717, 1.165) is 18.5 Å². The quantitative estimate of drug-likeness (QED) is 0.863. The van der Waals surface area contributed by atoms with E-state index in [1.54, 1.807) is 0 Å². The minimum absolute atomic E-state index is 0.303. The molecule has 1 aromatic carbocycles. The van der Waals surface area contributed by atoms with Crippen LogP contribution < -0.4 is 0 Å². The van der Waals surface area contributed by atoms with Gasteiger partial charge in [-0.25, -0.2) is 0 Å². The highest BCUT2D eigenvalue weighted by atomic mass is 16.3. The number of rotatable bonds is 3. The minimum Gasteiger partial charge on any atom is -0.383 e. The van der Waals surface area contributed by atoms with Gasteiger partial charge in [0.25, 0.3) is 0 Å². The van der Waals surface area contributed by atoms with E-state index < -0.39 is 5.60 Å². The maximum atomic E-state index is 11.3. The SMILES string of the molecule is CN1CCC[C@H]1C(O)(c1ccccc1)C1CC1. The molecule has 2 heteroatoms. The molecule has 17 heavy (non-hydrogen) atoms. The summed E-state index contributed by atoms with van der Waals surface area (Å²) in [6.07, 6.45) is 4.69. The van der Waals surface area contributed by atoms with Crippen molar-refractivity contribution in [3.05, 3.63) is 35.9 Å². The van der Waals surface area contributed by atoms with Gasteiger partial charge in [-0.2, -0.15) is 0 Å². The first-order valence-electron chi connectivity index (χ1n) is 6.71. The Kier molecular flexibility index (Phi) is 2.72. The Balaban J connectivity index is 1.98. The molecule has 1 saturated carbocycles. The van der Waals surface area contributed by atoms with Crippen LogP contribution in [0.1, 0.15) is 31.2 Å². The summed E-state index contributed by atoms with van der Waals surface area (Å²) in [5.74, 6) is 0.468. The molecule has 2 aliphatic rings. The molecule has 1 saturated heterocycles. The molecule has 1 aliphatic carbocycles. The van der Waals surface area contributed by atoms with Gasteiger partial charge in [0.05, 0.1) is 0 Å². The van der Waals surface area contributed by atoms with Crippen LogP contribution in [0.2, 0.25) is 0 Å². The average molecular weight is 231 g/mol. The molecule has 3 rings (SSSR count). The van der Waals surface area contributed by atoms with Gasteiger partial charge in [-0.3, -0.25) is 0 Å². The fourth-order valence-electron chi connectivity index (χ4n) is 3.40. The number of aliphatic hydroxyl groups is 1. The zero-order valence-corrected chi connectivity index (χ0v) is 10.5. The molecule has 2 fully saturated rings. The number of hydrogen-bond acceptors (Lipinski definition) is 2. The van der Waals surface area contributed by atoms with Crippen molar-refractivity contribution in [2.45, 2.75) is 37.3 Å². The highest BCUT2D eigenvalue weighted by Gasteiger charge is 2.52. The Morgan fingerprint density at radius 3 is 2.41 bits per heavy atom. The molecule has 2 atom stereocenters. The molecule has 1 N–H and O–H groups in total. The lowest BCUT2D eigenvalue weighted by Gasteiger charge is -2.38. The van der Waals surface area contributed by atoms with E-state index in [-0.39, 0.29) is 0 Å². The molecule has 1 heterocycles. The summed E-state index contributed by atoms with van der Waals surface area (Å²) in [6.45, 7) is 1.12. The van der Waals surface area contributed by atoms with Gasteiger partial charge in [0.2, 0.25) is 0 Å². The van der Waals surface area contributed by atoms with Crippen molar-refractivity contribution in [1.29, 1.82) is 0 Å². The van der Waals surface area contributed by atoms with Gasteiger partial charge in [-0.15, -0.1) is 0 Å². The average Bonchev–Trinajstić information content (AvgIpc) is 3.13. The number of nitrogens with zero attached hydrogens (tertiary/aromatic N) is 1. The molecule has 0 bridgehead atoms. The number of hydrogen-bond donors (Lipinski definition) is 1. The van der Waals surface area contributed by atoms with E-state index in [0.29, 0.717) is 12.0 Å². The van der Waals surface area contributed by atoms with Gasteiger partial charge in [-0.1, -0.05) is 30.3 Å². The Morgan fingerprint density at radius 1 is 1.18 bits per heavy atom. The predicted molar refractivity (Wildman–Crippen MR) is 68.7 cm³/mol. The molecule has 1 aromatic rings. The van der Waals surface area contributed by atoms with Crippen LogP contribution in [0.5, 0.6) is 0 Å². The van der Waals surface area contributed by atoms with Crippen LogP contribution in [0.4, 0.5) is 0 Å². The first-order chi connectivity index (χ1) is 8.23. The van der Waals surface area contributed by atoms with Crippen LogP contribution in [-0.4, -0.2) is 29.6 Å². The van der Waals surface area contributed by atoms with E-state index in [9.17, 15) is 5.11 Å². The van der Waals surface area contributed by atoms with Crippen LogP contribution in [0.15, 0.2) is 30.3 Å². The van der Waals surface area contributed by atoms with Crippen LogP contribution in [-0.2, 0) is 5.60 Å². The van der Waals surface area contributed by atoms with Gasteiger partial charge in [0, 0.05) is 6.04 Å². The van der Waals surface area contributed by atoms with Gasteiger partial charge in [0.15, 0.2) is 0 Å². The Bertz CT molecular complexity index is 387. The zero-order valence-electron chi connectivity index (χ0n) is 10.5. The third-order valence-electron chi connectivity index (χ3n) is 4.46.